The van der Waals surface area contributed by atoms with Gasteiger partial charge in [-0.15, -0.1) is 0 Å². The van der Waals surface area contributed by atoms with Gasteiger partial charge >= 0.3 is 8.88 Å². The van der Waals surface area contributed by atoms with E-state index in [2.05, 4.69) is 23.0 Å². The van der Waals surface area contributed by atoms with Gasteiger partial charge in [0, 0.05) is 26.3 Å². The predicted octanol–water partition coefficient (Wildman–Crippen LogP) is 4.02. The number of hydrogen-bond acceptors (Lipinski definition) is 4. The molecular weight excluding hydrogens is 304 g/mol. The molecule has 23 heavy (non-hydrogen) atoms. The second kappa shape index (κ2) is 9.52. The molecule has 0 heterocycles. The maximum absolute atomic E-state index is 6.27. The van der Waals surface area contributed by atoms with Crippen LogP contribution in [0, 0.1) is 0 Å². The first kappa shape index (κ1) is 19.4. The van der Waals surface area contributed by atoms with E-state index in [0.717, 1.165) is 13.1 Å². The fourth-order valence-electron chi connectivity index (χ4n) is 4.82. The molecule has 2 aliphatic carbocycles. The zero-order chi connectivity index (χ0) is 16.7. The highest BCUT2D eigenvalue weighted by Crippen LogP contribution is 2.35. The van der Waals surface area contributed by atoms with Gasteiger partial charge in [-0.3, -0.25) is 9.13 Å². The lowest BCUT2D eigenvalue weighted by Crippen LogP contribution is -2.73. The monoisotopic (exact) mass is 342 g/mol. The summed E-state index contributed by atoms with van der Waals surface area (Å²) >= 11 is 0. The summed E-state index contributed by atoms with van der Waals surface area (Å²) in [6.45, 7) is 6.48. The van der Waals surface area contributed by atoms with Gasteiger partial charge in [0.2, 0.25) is 0 Å². The van der Waals surface area contributed by atoms with E-state index in [0.29, 0.717) is 12.1 Å². The van der Waals surface area contributed by atoms with Crippen LogP contribution in [0.15, 0.2) is 0 Å². The molecule has 0 saturated heterocycles. The van der Waals surface area contributed by atoms with Crippen LogP contribution in [-0.2, 0) is 8.85 Å². The maximum Gasteiger partial charge on any atom is 0.522 e. The van der Waals surface area contributed by atoms with Crippen LogP contribution in [0.5, 0.6) is 0 Å². The highest BCUT2D eigenvalue weighted by molar-refractivity contribution is 6.61. The molecular formula is C18H38N2O2Si. The van der Waals surface area contributed by atoms with Gasteiger partial charge in [0.1, 0.15) is 0 Å². The van der Waals surface area contributed by atoms with Crippen LogP contribution in [0.25, 0.3) is 0 Å². The molecule has 0 aromatic carbocycles. The quantitative estimate of drug-likeness (QED) is 0.622. The van der Waals surface area contributed by atoms with Gasteiger partial charge in [0.05, 0.1) is 0 Å². The molecule has 2 aliphatic rings. The second-order valence-corrected chi connectivity index (χ2v) is 10.2. The average molecular weight is 343 g/mol. The van der Waals surface area contributed by atoms with Crippen molar-refractivity contribution in [3.63, 3.8) is 0 Å². The third kappa shape index (κ3) is 4.18. The molecule has 2 saturated carbocycles. The molecule has 0 aromatic heterocycles. The van der Waals surface area contributed by atoms with E-state index in [1.54, 1.807) is 0 Å². The summed E-state index contributed by atoms with van der Waals surface area (Å²) in [6, 6.07) is 1.30. The zero-order valence-corrected chi connectivity index (χ0v) is 16.9. The fourth-order valence-corrected chi connectivity index (χ4v) is 8.49. The summed E-state index contributed by atoms with van der Waals surface area (Å²) in [5.74, 6) is 0. The van der Waals surface area contributed by atoms with Crippen LogP contribution in [0.2, 0.25) is 0 Å². The molecule has 0 aromatic rings. The summed E-state index contributed by atoms with van der Waals surface area (Å²) in [7, 11) is 1.25. The minimum Gasteiger partial charge on any atom is -0.374 e. The van der Waals surface area contributed by atoms with Gasteiger partial charge in [0.15, 0.2) is 0 Å². The topological polar surface area (TPSA) is 24.9 Å². The van der Waals surface area contributed by atoms with Crippen molar-refractivity contribution in [2.75, 3.05) is 27.3 Å². The largest absolute Gasteiger partial charge is 0.522 e. The van der Waals surface area contributed by atoms with Crippen molar-refractivity contribution in [3.8, 4) is 0 Å². The van der Waals surface area contributed by atoms with Gasteiger partial charge in [-0.2, -0.15) is 0 Å². The first-order valence-electron chi connectivity index (χ1n) is 9.87. The first-order chi connectivity index (χ1) is 11.2. The van der Waals surface area contributed by atoms with Crippen molar-refractivity contribution < 1.29 is 8.85 Å². The van der Waals surface area contributed by atoms with E-state index in [-0.39, 0.29) is 0 Å². The molecule has 5 heteroatoms. The third-order valence-electron chi connectivity index (χ3n) is 5.96. The Labute approximate surface area is 144 Å². The van der Waals surface area contributed by atoms with Gasteiger partial charge in [-0.25, -0.2) is 0 Å². The van der Waals surface area contributed by atoms with Crippen LogP contribution in [0.3, 0.4) is 0 Å². The van der Waals surface area contributed by atoms with E-state index in [4.69, 9.17) is 8.85 Å². The summed E-state index contributed by atoms with van der Waals surface area (Å²) in [4.78, 5) is 0. The third-order valence-corrected chi connectivity index (χ3v) is 9.84. The van der Waals surface area contributed by atoms with Gasteiger partial charge in [-0.05, 0) is 38.8 Å². The highest BCUT2D eigenvalue weighted by Gasteiger charge is 2.54. The SMILES string of the molecule is CCN(CC)[Si](OC)(OC)N(C1CCCCC1)C1CCCCC1. The zero-order valence-electron chi connectivity index (χ0n) is 15.9. The van der Waals surface area contributed by atoms with E-state index < -0.39 is 8.88 Å². The average Bonchev–Trinajstić information content (AvgIpc) is 2.63. The molecule has 2 fully saturated rings. The molecule has 0 unspecified atom stereocenters. The molecule has 0 aliphatic heterocycles. The van der Waals surface area contributed by atoms with Crippen molar-refractivity contribution in [2.24, 2.45) is 0 Å². The normalized spacial score (nSPS) is 22.2. The van der Waals surface area contributed by atoms with Crippen LogP contribution in [0.4, 0.5) is 0 Å². The standard InChI is InChI=1S/C18H38N2O2Si/c1-5-19(6-2)23(21-3,22-4)20(17-13-9-7-10-14-17)18-15-11-8-12-16-18/h17-18H,5-16H2,1-4H3. The van der Waals surface area contributed by atoms with Gasteiger partial charge < -0.3 is 8.85 Å². The Morgan fingerprint density at radius 3 is 1.43 bits per heavy atom. The number of hydrogen-bond donors (Lipinski definition) is 0. The molecule has 0 atom stereocenters. The lowest BCUT2D eigenvalue weighted by atomic mass is 9.91. The Morgan fingerprint density at radius 1 is 0.739 bits per heavy atom. The molecule has 4 nitrogen and oxygen atoms in total. The van der Waals surface area contributed by atoms with Gasteiger partial charge in [0.25, 0.3) is 0 Å². The predicted molar refractivity (Wildman–Crippen MR) is 98.3 cm³/mol. The van der Waals surface area contributed by atoms with Crippen molar-refractivity contribution in [3.05, 3.63) is 0 Å². The van der Waals surface area contributed by atoms with E-state index in [1.807, 2.05) is 14.2 Å². The van der Waals surface area contributed by atoms with Crippen LogP contribution in [0.1, 0.15) is 78.1 Å². The molecule has 2 rings (SSSR count). The summed E-state index contributed by atoms with van der Waals surface area (Å²) in [5, 5.41) is 0. The molecule has 0 amide bonds. The maximum atomic E-state index is 6.27. The Balaban J connectivity index is 2.33. The van der Waals surface area contributed by atoms with Crippen molar-refractivity contribution in [1.82, 2.24) is 9.13 Å². The van der Waals surface area contributed by atoms with Crippen LogP contribution < -0.4 is 0 Å². The van der Waals surface area contributed by atoms with Gasteiger partial charge in [-0.1, -0.05) is 52.4 Å². The minimum atomic E-state index is -2.51. The second-order valence-electron chi connectivity index (χ2n) is 7.12. The van der Waals surface area contributed by atoms with E-state index in [1.165, 1.54) is 64.2 Å². The van der Waals surface area contributed by atoms with Crippen LogP contribution >= 0.6 is 0 Å². The van der Waals surface area contributed by atoms with Crippen molar-refractivity contribution >= 4 is 8.88 Å². The molecule has 0 bridgehead atoms. The fraction of sp³-hybridized carbons (Fsp3) is 1.00. The Kier molecular flexibility index (Phi) is 8.02. The van der Waals surface area contributed by atoms with Crippen LogP contribution in [-0.4, -0.2) is 57.4 Å². The van der Waals surface area contributed by atoms with E-state index in [9.17, 15) is 0 Å². The minimum absolute atomic E-state index is 0.652. The van der Waals surface area contributed by atoms with E-state index >= 15 is 0 Å². The smallest absolute Gasteiger partial charge is 0.374 e. The highest BCUT2D eigenvalue weighted by atomic mass is 28.4. The van der Waals surface area contributed by atoms with Crippen molar-refractivity contribution in [2.45, 2.75) is 90.1 Å². The molecule has 0 radical (unpaired) electrons. The first-order valence-corrected chi connectivity index (χ1v) is 11.6. The van der Waals surface area contributed by atoms with Crippen molar-refractivity contribution in [1.29, 1.82) is 0 Å². The summed E-state index contributed by atoms with van der Waals surface area (Å²) in [5.41, 5.74) is 0. The number of rotatable bonds is 8. The lowest BCUT2D eigenvalue weighted by Gasteiger charge is -2.52. The Bertz CT molecular complexity index is 305. The Morgan fingerprint density at radius 2 is 1.13 bits per heavy atom. The Hall–Kier alpha value is 0.0569. The molecule has 0 N–H and O–H groups in total. The summed E-state index contributed by atoms with van der Waals surface area (Å²) in [6.07, 6.45) is 13.5. The number of nitrogens with zero attached hydrogens (tertiary/aromatic N) is 2. The molecule has 136 valence electrons. The molecule has 0 spiro atoms. The summed E-state index contributed by atoms with van der Waals surface area (Å²) < 4.78 is 17.8. The lowest BCUT2D eigenvalue weighted by molar-refractivity contribution is 0.0348.